The Hall–Kier alpha value is -2.63. The monoisotopic (exact) mass is 313 g/mol. The molecule has 6 heteroatoms. The molecule has 1 atom stereocenters. The first kappa shape index (κ1) is 15.3. The Kier molecular flexibility index (Phi) is 4.14. The first-order chi connectivity index (χ1) is 11.1. The van der Waals surface area contributed by atoms with E-state index in [1.807, 2.05) is 18.2 Å². The van der Waals surface area contributed by atoms with Gasteiger partial charge in [-0.15, -0.1) is 0 Å². The molecule has 2 aromatic rings. The van der Waals surface area contributed by atoms with Gasteiger partial charge in [0.2, 0.25) is 5.91 Å². The maximum absolute atomic E-state index is 12.3. The standard InChI is InChI=1S/C17H19N3O3/c1-19-16(22)9-10-20(17(19)23)11-15(21)18-14-8-4-6-12-5-2-3-7-13(12)14/h2-3,5,7,9-10,14H,4,6,8,11H2,1H3,(H,18,21). The smallest absolute Gasteiger partial charge is 0.331 e. The SMILES string of the molecule is Cn1c(=O)ccn(CC(=O)NC2CCCc3ccccc32)c1=O. The van der Waals surface area contributed by atoms with E-state index in [0.717, 1.165) is 29.4 Å². The number of carbonyl (C=O) groups excluding carboxylic acids is 1. The molecule has 0 saturated carbocycles. The molecule has 0 spiro atoms. The number of amides is 1. The average molecular weight is 313 g/mol. The minimum Gasteiger partial charge on any atom is -0.348 e. The first-order valence-electron chi connectivity index (χ1n) is 7.70. The zero-order valence-corrected chi connectivity index (χ0v) is 13.0. The third-order valence-electron chi connectivity index (χ3n) is 4.28. The van der Waals surface area contributed by atoms with Gasteiger partial charge in [0.25, 0.3) is 5.56 Å². The highest BCUT2D eigenvalue weighted by molar-refractivity contribution is 5.76. The average Bonchev–Trinajstić information content (AvgIpc) is 2.56. The van der Waals surface area contributed by atoms with Gasteiger partial charge in [-0.1, -0.05) is 24.3 Å². The molecule has 1 heterocycles. The number of rotatable bonds is 3. The predicted molar refractivity (Wildman–Crippen MR) is 86.2 cm³/mol. The van der Waals surface area contributed by atoms with Crippen molar-refractivity contribution in [3.8, 4) is 0 Å². The summed E-state index contributed by atoms with van der Waals surface area (Å²) < 4.78 is 2.23. The van der Waals surface area contributed by atoms with Crippen LogP contribution < -0.4 is 16.6 Å². The van der Waals surface area contributed by atoms with Gasteiger partial charge < -0.3 is 5.32 Å². The molecule has 1 aromatic heterocycles. The Morgan fingerprint density at radius 3 is 2.87 bits per heavy atom. The van der Waals surface area contributed by atoms with E-state index >= 15 is 0 Å². The van der Waals surface area contributed by atoms with Crippen LogP contribution in [0.1, 0.15) is 30.0 Å². The predicted octanol–water partition coefficient (Wildman–Crippen LogP) is 0.741. The van der Waals surface area contributed by atoms with E-state index in [2.05, 4.69) is 11.4 Å². The highest BCUT2D eigenvalue weighted by Crippen LogP contribution is 2.29. The van der Waals surface area contributed by atoms with Crippen LogP contribution >= 0.6 is 0 Å². The molecule has 0 bridgehead atoms. The maximum atomic E-state index is 12.3. The molecule has 1 aliphatic rings. The van der Waals surface area contributed by atoms with Crippen LogP contribution in [0.25, 0.3) is 0 Å². The Labute approximate surface area is 133 Å². The first-order valence-corrected chi connectivity index (χ1v) is 7.70. The van der Waals surface area contributed by atoms with Gasteiger partial charge in [0.1, 0.15) is 6.54 Å². The molecule has 1 unspecified atom stereocenters. The zero-order valence-electron chi connectivity index (χ0n) is 13.0. The van der Waals surface area contributed by atoms with E-state index in [4.69, 9.17) is 0 Å². The minimum absolute atomic E-state index is 0.0179. The van der Waals surface area contributed by atoms with Gasteiger partial charge in [0, 0.05) is 19.3 Å². The molecule has 3 rings (SSSR count). The normalized spacial score (nSPS) is 16.7. The van der Waals surface area contributed by atoms with Crippen molar-refractivity contribution in [2.75, 3.05) is 0 Å². The number of hydrogen-bond acceptors (Lipinski definition) is 3. The molecular formula is C17H19N3O3. The van der Waals surface area contributed by atoms with Gasteiger partial charge in [-0.05, 0) is 30.4 Å². The van der Waals surface area contributed by atoms with Crippen molar-refractivity contribution < 1.29 is 4.79 Å². The van der Waals surface area contributed by atoms with Crippen LogP contribution in [-0.4, -0.2) is 15.0 Å². The molecule has 1 amide bonds. The molecular weight excluding hydrogens is 294 g/mol. The third kappa shape index (κ3) is 3.11. The summed E-state index contributed by atoms with van der Waals surface area (Å²) in [5, 5.41) is 3.00. The number of hydrogen-bond donors (Lipinski definition) is 1. The summed E-state index contributed by atoms with van der Waals surface area (Å²) in [6, 6.07) is 9.37. The molecule has 1 N–H and O–H groups in total. The van der Waals surface area contributed by atoms with E-state index < -0.39 is 5.69 Å². The third-order valence-corrected chi connectivity index (χ3v) is 4.28. The topological polar surface area (TPSA) is 73.1 Å². The van der Waals surface area contributed by atoms with E-state index in [9.17, 15) is 14.4 Å². The molecule has 0 fully saturated rings. The zero-order chi connectivity index (χ0) is 16.4. The summed E-state index contributed by atoms with van der Waals surface area (Å²) in [5.41, 5.74) is 1.55. The largest absolute Gasteiger partial charge is 0.348 e. The Morgan fingerprint density at radius 2 is 2.04 bits per heavy atom. The highest BCUT2D eigenvalue weighted by atomic mass is 16.2. The van der Waals surface area contributed by atoms with Gasteiger partial charge in [-0.3, -0.25) is 18.7 Å². The van der Waals surface area contributed by atoms with Gasteiger partial charge in [0.05, 0.1) is 6.04 Å². The Balaban J connectivity index is 1.75. The maximum Gasteiger partial charge on any atom is 0.331 e. The molecule has 0 radical (unpaired) electrons. The summed E-state index contributed by atoms with van der Waals surface area (Å²) >= 11 is 0. The fourth-order valence-electron chi connectivity index (χ4n) is 3.04. The molecule has 1 aliphatic carbocycles. The molecule has 23 heavy (non-hydrogen) atoms. The fourth-order valence-corrected chi connectivity index (χ4v) is 3.04. The van der Waals surface area contributed by atoms with E-state index in [-0.39, 0.29) is 24.1 Å². The van der Waals surface area contributed by atoms with Gasteiger partial charge >= 0.3 is 5.69 Å². The van der Waals surface area contributed by atoms with E-state index in [0.29, 0.717) is 0 Å². The summed E-state index contributed by atoms with van der Waals surface area (Å²) in [6.45, 7) is -0.0916. The van der Waals surface area contributed by atoms with Crippen molar-refractivity contribution in [3.05, 3.63) is 68.5 Å². The lowest BCUT2D eigenvalue weighted by Crippen LogP contribution is -2.41. The van der Waals surface area contributed by atoms with Crippen molar-refractivity contribution in [1.29, 1.82) is 0 Å². The Morgan fingerprint density at radius 1 is 1.26 bits per heavy atom. The fraction of sp³-hybridized carbons (Fsp3) is 0.353. The Bertz CT molecular complexity index is 851. The quantitative estimate of drug-likeness (QED) is 0.908. The summed E-state index contributed by atoms with van der Waals surface area (Å²) in [7, 11) is 1.40. The highest BCUT2D eigenvalue weighted by Gasteiger charge is 2.21. The second kappa shape index (κ2) is 6.24. The number of aromatic nitrogens is 2. The van der Waals surface area contributed by atoms with E-state index in [1.165, 1.54) is 29.4 Å². The van der Waals surface area contributed by atoms with Crippen LogP contribution in [0.4, 0.5) is 0 Å². The van der Waals surface area contributed by atoms with Crippen LogP contribution in [0.3, 0.4) is 0 Å². The van der Waals surface area contributed by atoms with Crippen LogP contribution in [0.5, 0.6) is 0 Å². The molecule has 0 saturated heterocycles. The van der Waals surface area contributed by atoms with Gasteiger partial charge in [0.15, 0.2) is 0 Å². The lowest BCUT2D eigenvalue weighted by atomic mass is 9.88. The van der Waals surface area contributed by atoms with Gasteiger partial charge in [-0.25, -0.2) is 4.79 Å². The van der Waals surface area contributed by atoms with Gasteiger partial charge in [-0.2, -0.15) is 0 Å². The van der Waals surface area contributed by atoms with Crippen molar-refractivity contribution in [1.82, 2.24) is 14.5 Å². The summed E-state index contributed by atoms with van der Waals surface area (Å²) in [5.74, 6) is -0.229. The number of fused-ring (bicyclic) bond motifs is 1. The lowest BCUT2D eigenvalue weighted by Gasteiger charge is -2.26. The number of carbonyl (C=O) groups is 1. The second-order valence-electron chi connectivity index (χ2n) is 5.83. The van der Waals surface area contributed by atoms with Crippen molar-refractivity contribution in [2.45, 2.75) is 31.8 Å². The minimum atomic E-state index is -0.489. The number of aryl methyl sites for hydroxylation is 1. The van der Waals surface area contributed by atoms with Crippen molar-refractivity contribution in [2.24, 2.45) is 7.05 Å². The van der Waals surface area contributed by atoms with E-state index in [1.54, 1.807) is 0 Å². The molecule has 1 aromatic carbocycles. The van der Waals surface area contributed by atoms with Crippen LogP contribution in [0.2, 0.25) is 0 Å². The summed E-state index contributed by atoms with van der Waals surface area (Å²) in [4.78, 5) is 35.6. The molecule has 120 valence electrons. The van der Waals surface area contributed by atoms with Crippen molar-refractivity contribution >= 4 is 5.91 Å². The van der Waals surface area contributed by atoms with Crippen LogP contribution in [0.15, 0.2) is 46.1 Å². The molecule has 0 aliphatic heterocycles. The number of nitrogens with zero attached hydrogens (tertiary/aromatic N) is 2. The van der Waals surface area contributed by atoms with Crippen LogP contribution in [0, 0.1) is 0 Å². The summed E-state index contributed by atoms with van der Waals surface area (Å²) in [6.07, 6.45) is 4.31. The number of benzene rings is 1. The molecule has 6 nitrogen and oxygen atoms in total. The van der Waals surface area contributed by atoms with Crippen molar-refractivity contribution in [3.63, 3.8) is 0 Å². The lowest BCUT2D eigenvalue weighted by molar-refractivity contribution is -0.122. The second-order valence-corrected chi connectivity index (χ2v) is 5.83. The number of nitrogens with one attached hydrogen (secondary N) is 1. The van der Waals surface area contributed by atoms with Crippen LogP contribution in [-0.2, 0) is 24.8 Å².